The smallest absolute Gasteiger partial charge is 0.227 e. The second-order valence-electron chi connectivity index (χ2n) is 6.00. The Bertz CT molecular complexity index is 694. The molecule has 0 saturated carbocycles. The van der Waals surface area contributed by atoms with Gasteiger partial charge in [-0.1, -0.05) is 19.1 Å². The molecule has 1 aliphatic rings. The zero-order chi connectivity index (χ0) is 16.9. The number of hydrogen-bond acceptors (Lipinski definition) is 3. The molecule has 3 rings (SSSR count). The lowest BCUT2D eigenvalue weighted by atomic mass is 10.1. The largest absolute Gasteiger partial charge is 0.355 e. The molecule has 2 N–H and O–H groups in total. The highest BCUT2D eigenvalue weighted by Gasteiger charge is 2.34. The lowest BCUT2D eigenvalue weighted by molar-refractivity contribution is -0.126. The number of amides is 2. The van der Waals surface area contributed by atoms with Crippen molar-refractivity contribution in [2.75, 3.05) is 18.0 Å². The maximum absolute atomic E-state index is 12.3. The molecule has 6 heteroatoms. The molecule has 1 aromatic heterocycles. The van der Waals surface area contributed by atoms with Crippen molar-refractivity contribution in [3.05, 3.63) is 48.0 Å². The van der Waals surface area contributed by atoms with Crippen LogP contribution in [0.1, 0.15) is 24.7 Å². The highest BCUT2D eigenvalue weighted by atomic mass is 16.2. The van der Waals surface area contributed by atoms with Gasteiger partial charge in [-0.15, -0.1) is 0 Å². The molecule has 0 radical (unpaired) electrons. The number of aromatic amines is 1. The molecule has 1 saturated heterocycles. The fourth-order valence-corrected chi connectivity index (χ4v) is 2.93. The molecule has 6 nitrogen and oxygen atoms in total. The summed E-state index contributed by atoms with van der Waals surface area (Å²) < 4.78 is 0. The fraction of sp³-hybridized carbons (Fsp3) is 0.389. The summed E-state index contributed by atoms with van der Waals surface area (Å²) >= 11 is 0. The van der Waals surface area contributed by atoms with Crippen LogP contribution < -0.4 is 10.2 Å². The SMILES string of the molecule is CCc1ccc(N2C[C@@H](C(=O)NCCc3ncc[nH]3)CC2=O)cc1. The minimum absolute atomic E-state index is 0.00503. The van der Waals surface area contributed by atoms with Crippen molar-refractivity contribution in [3.8, 4) is 0 Å². The monoisotopic (exact) mass is 326 g/mol. The normalized spacial score (nSPS) is 17.3. The number of aryl methyl sites for hydroxylation is 1. The van der Waals surface area contributed by atoms with E-state index in [0.29, 0.717) is 19.5 Å². The Morgan fingerprint density at radius 1 is 1.38 bits per heavy atom. The van der Waals surface area contributed by atoms with Gasteiger partial charge in [-0.05, 0) is 24.1 Å². The number of benzene rings is 1. The van der Waals surface area contributed by atoms with Gasteiger partial charge in [0, 0.05) is 44.0 Å². The first-order chi connectivity index (χ1) is 11.7. The Hall–Kier alpha value is -2.63. The van der Waals surface area contributed by atoms with E-state index in [0.717, 1.165) is 17.9 Å². The van der Waals surface area contributed by atoms with Crippen LogP contribution in [-0.2, 0) is 22.4 Å². The molecule has 2 amide bonds. The maximum Gasteiger partial charge on any atom is 0.227 e. The molecule has 0 spiro atoms. The predicted octanol–water partition coefficient (Wildman–Crippen LogP) is 1.68. The topological polar surface area (TPSA) is 78.1 Å². The summed E-state index contributed by atoms with van der Waals surface area (Å²) in [4.78, 5) is 33.3. The third kappa shape index (κ3) is 3.64. The van der Waals surface area contributed by atoms with Gasteiger partial charge >= 0.3 is 0 Å². The Balaban J connectivity index is 1.54. The number of nitrogens with zero attached hydrogens (tertiary/aromatic N) is 2. The van der Waals surface area contributed by atoms with E-state index in [-0.39, 0.29) is 24.2 Å². The highest BCUT2D eigenvalue weighted by Crippen LogP contribution is 2.25. The third-order valence-corrected chi connectivity index (χ3v) is 4.37. The van der Waals surface area contributed by atoms with E-state index >= 15 is 0 Å². The number of aromatic nitrogens is 2. The van der Waals surface area contributed by atoms with Gasteiger partial charge in [0.05, 0.1) is 5.92 Å². The van der Waals surface area contributed by atoms with Crippen LogP contribution in [0.15, 0.2) is 36.7 Å². The average Bonchev–Trinajstić information content (AvgIpc) is 3.24. The van der Waals surface area contributed by atoms with Gasteiger partial charge in [0.15, 0.2) is 0 Å². The standard InChI is InChI=1S/C18H22N4O2/c1-2-13-3-5-15(6-4-13)22-12-14(11-17(22)23)18(24)21-8-7-16-19-9-10-20-16/h3-6,9-10,14H,2,7-8,11-12H2,1H3,(H,19,20)(H,21,24)/t14-/m0/s1. The number of imidazole rings is 1. The van der Waals surface area contributed by atoms with Gasteiger partial charge in [0.2, 0.25) is 11.8 Å². The molecule has 1 aliphatic heterocycles. The molecule has 2 heterocycles. The van der Waals surface area contributed by atoms with E-state index in [9.17, 15) is 9.59 Å². The fourth-order valence-electron chi connectivity index (χ4n) is 2.93. The molecule has 0 unspecified atom stereocenters. The molecule has 0 aliphatic carbocycles. The summed E-state index contributed by atoms with van der Waals surface area (Å²) in [5.41, 5.74) is 2.10. The van der Waals surface area contributed by atoms with Crippen LogP contribution in [0.3, 0.4) is 0 Å². The average molecular weight is 326 g/mol. The zero-order valence-corrected chi connectivity index (χ0v) is 13.8. The number of rotatable bonds is 6. The first-order valence-corrected chi connectivity index (χ1v) is 8.32. The Morgan fingerprint density at radius 3 is 2.83 bits per heavy atom. The summed E-state index contributed by atoms with van der Waals surface area (Å²) in [5.74, 6) is 0.489. The molecule has 1 atom stereocenters. The lowest BCUT2D eigenvalue weighted by Crippen LogP contribution is -2.34. The molecular weight excluding hydrogens is 304 g/mol. The van der Waals surface area contributed by atoms with Crippen LogP contribution in [0.5, 0.6) is 0 Å². The summed E-state index contributed by atoms with van der Waals surface area (Å²) in [6.07, 6.45) is 5.33. The Kier molecular flexibility index (Phi) is 4.93. The van der Waals surface area contributed by atoms with E-state index in [1.165, 1.54) is 5.56 Å². The van der Waals surface area contributed by atoms with Crippen molar-refractivity contribution in [2.24, 2.45) is 5.92 Å². The molecule has 24 heavy (non-hydrogen) atoms. The minimum atomic E-state index is -0.292. The number of nitrogens with one attached hydrogen (secondary N) is 2. The summed E-state index contributed by atoms with van der Waals surface area (Å²) in [6.45, 7) is 3.05. The van der Waals surface area contributed by atoms with E-state index in [4.69, 9.17) is 0 Å². The lowest BCUT2D eigenvalue weighted by Gasteiger charge is -2.17. The second kappa shape index (κ2) is 7.29. The maximum atomic E-state index is 12.3. The minimum Gasteiger partial charge on any atom is -0.355 e. The van der Waals surface area contributed by atoms with Gasteiger partial charge in [-0.25, -0.2) is 4.98 Å². The number of carbonyl (C=O) groups is 2. The van der Waals surface area contributed by atoms with Crippen LogP contribution in [0.2, 0.25) is 0 Å². The van der Waals surface area contributed by atoms with Gasteiger partial charge in [0.25, 0.3) is 0 Å². The van der Waals surface area contributed by atoms with E-state index < -0.39 is 0 Å². The first kappa shape index (κ1) is 16.2. The number of anilines is 1. The van der Waals surface area contributed by atoms with Crippen LogP contribution in [0.4, 0.5) is 5.69 Å². The summed E-state index contributed by atoms with van der Waals surface area (Å²) in [7, 11) is 0. The van der Waals surface area contributed by atoms with Gasteiger partial charge in [-0.2, -0.15) is 0 Å². The highest BCUT2D eigenvalue weighted by molar-refractivity contribution is 6.00. The number of hydrogen-bond donors (Lipinski definition) is 2. The van der Waals surface area contributed by atoms with Crippen molar-refractivity contribution in [2.45, 2.75) is 26.2 Å². The second-order valence-corrected chi connectivity index (χ2v) is 6.00. The summed E-state index contributed by atoms with van der Waals surface area (Å²) in [5, 5.41) is 2.90. The zero-order valence-electron chi connectivity index (χ0n) is 13.8. The van der Waals surface area contributed by atoms with Gasteiger partial charge in [0.1, 0.15) is 5.82 Å². The van der Waals surface area contributed by atoms with Gasteiger partial charge < -0.3 is 15.2 Å². The first-order valence-electron chi connectivity index (χ1n) is 8.32. The predicted molar refractivity (Wildman–Crippen MR) is 91.6 cm³/mol. The molecule has 0 bridgehead atoms. The molecular formula is C18H22N4O2. The van der Waals surface area contributed by atoms with Crippen molar-refractivity contribution < 1.29 is 9.59 Å². The van der Waals surface area contributed by atoms with Crippen LogP contribution in [-0.4, -0.2) is 34.9 Å². The summed E-state index contributed by atoms with van der Waals surface area (Å²) in [6, 6.07) is 7.96. The van der Waals surface area contributed by atoms with E-state index in [2.05, 4.69) is 22.2 Å². The van der Waals surface area contributed by atoms with E-state index in [1.807, 2.05) is 24.3 Å². The molecule has 1 aromatic carbocycles. The number of H-pyrrole nitrogens is 1. The van der Waals surface area contributed by atoms with Crippen LogP contribution in [0.25, 0.3) is 0 Å². The van der Waals surface area contributed by atoms with E-state index in [1.54, 1.807) is 17.3 Å². The number of carbonyl (C=O) groups excluding carboxylic acids is 2. The van der Waals surface area contributed by atoms with Gasteiger partial charge in [-0.3, -0.25) is 9.59 Å². The van der Waals surface area contributed by atoms with Crippen molar-refractivity contribution in [1.82, 2.24) is 15.3 Å². The quantitative estimate of drug-likeness (QED) is 0.848. The molecule has 1 fully saturated rings. The van der Waals surface area contributed by atoms with Crippen LogP contribution in [0, 0.1) is 5.92 Å². The van der Waals surface area contributed by atoms with Crippen molar-refractivity contribution in [3.63, 3.8) is 0 Å². The Morgan fingerprint density at radius 2 is 2.17 bits per heavy atom. The Labute approximate surface area is 141 Å². The van der Waals surface area contributed by atoms with Crippen LogP contribution >= 0.6 is 0 Å². The molecule has 2 aromatic rings. The molecule has 126 valence electrons. The third-order valence-electron chi connectivity index (χ3n) is 4.37. The van der Waals surface area contributed by atoms with Crippen molar-refractivity contribution in [1.29, 1.82) is 0 Å². The van der Waals surface area contributed by atoms with Crippen molar-refractivity contribution >= 4 is 17.5 Å².